The normalized spacial score (nSPS) is 13.7. The van der Waals surface area contributed by atoms with E-state index in [9.17, 15) is 14.4 Å². The molecule has 3 aromatic rings. The van der Waals surface area contributed by atoms with Gasteiger partial charge in [0.05, 0.1) is 0 Å². The van der Waals surface area contributed by atoms with Crippen LogP contribution < -0.4 is 16.4 Å². The third-order valence-corrected chi connectivity index (χ3v) is 6.30. The van der Waals surface area contributed by atoms with Gasteiger partial charge in [-0.05, 0) is 34.2 Å². The lowest BCUT2D eigenvalue weighted by Gasteiger charge is -2.21. The summed E-state index contributed by atoms with van der Waals surface area (Å²) < 4.78 is 5.55. The van der Waals surface area contributed by atoms with Crippen LogP contribution in [0.5, 0.6) is 0 Å². The van der Waals surface area contributed by atoms with Crippen molar-refractivity contribution >= 4 is 17.9 Å². The van der Waals surface area contributed by atoms with Crippen molar-refractivity contribution in [3.05, 3.63) is 95.6 Å². The van der Waals surface area contributed by atoms with Crippen LogP contribution in [-0.2, 0) is 20.7 Å². The van der Waals surface area contributed by atoms with Gasteiger partial charge in [-0.3, -0.25) is 9.59 Å². The monoisotopic (exact) mass is 471 g/mol. The maximum Gasteiger partial charge on any atom is 0.407 e. The van der Waals surface area contributed by atoms with Crippen LogP contribution in [0.15, 0.2) is 78.9 Å². The summed E-state index contributed by atoms with van der Waals surface area (Å²) in [5.41, 5.74) is 10.9. The zero-order valence-corrected chi connectivity index (χ0v) is 19.6. The predicted octanol–water partition coefficient (Wildman–Crippen LogP) is 3.52. The number of rotatable bonds is 9. The summed E-state index contributed by atoms with van der Waals surface area (Å²) in [5, 5.41) is 5.28. The molecule has 1 aliphatic carbocycles. The molecule has 0 bridgehead atoms. The SMILES string of the molecule is CCC(NC(=O)OCC1c2ccccc2-c2ccccc21)C(=O)N[C@@H](Cc1ccccc1)C(N)=O. The van der Waals surface area contributed by atoms with E-state index in [0.717, 1.165) is 27.8 Å². The number of primary amides is 1. The molecular formula is C28H29N3O4. The van der Waals surface area contributed by atoms with Crippen molar-refractivity contribution in [1.29, 1.82) is 0 Å². The molecule has 7 nitrogen and oxygen atoms in total. The van der Waals surface area contributed by atoms with Gasteiger partial charge in [-0.2, -0.15) is 0 Å². The Morgan fingerprint density at radius 1 is 0.829 bits per heavy atom. The van der Waals surface area contributed by atoms with Crippen LogP contribution in [0.25, 0.3) is 11.1 Å². The van der Waals surface area contributed by atoms with Crippen molar-refractivity contribution in [2.24, 2.45) is 5.73 Å². The van der Waals surface area contributed by atoms with Gasteiger partial charge < -0.3 is 21.1 Å². The fourth-order valence-electron chi connectivity index (χ4n) is 4.48. The van der Waals surface area contributed by atoms with Gasteiger partial charge in [0.2, 0.25) is 11.8 Å². The first-order chi connectivity index (χ1) is 17.0. The van der Waals surface area contributed by atoms with Crippen LogP contribution in [0.2, 0.25) is 0 Å². The van der Waals surface area contributed by atoms with E-state index in [2.05, 4.69) is 22.8 Å². The quantitative estimate of drug-likeness (QED) is 0.443. The Balaban J connectivity index is 1.36. The molecule has 0 saturated carbocycles. The number of carbonyl (C=O) groups is 3. The van der Waals surface area contributed by atoms with Crippen LogP contribution in [-0.4, -0.2) is 36.6 Å². The van der Waals surface area contributed by atoms with Gasteiger partial charge in [0.15, 0.2) is 0 Å². The lowest BCUT2D eigenvalue weighted by Crippen LogP contribution is -2.53. The molecule has 3 aromatic carbocycles. The lowest BCUT2D eigenvalue weighted by atomic mass is 9.98. The van der Waals surface area contributed by atoms with E-state index in [1.54, 1.807) is 6.92 Å². The van der Waals surface area contributed by atoms with Crippen LogP contribution in [0.4, 0.5) is 4.79 Å². The van der Waals surface area contributed by atoms with Crippen molar-refractivity contribution < 1.29 is 19.1 Å². The highest BCUT2D eigenvalue weighted by Gasteiger charge is 2.30. The molecule has 1 aliphatic rings. The fourth-order valence-corrected chi connectivity index (χ4v) is 4.48. The average Bonchev–Trinajstić information content (AvgIpc) is 3.19. The molecule has 4 rings (SSSR count). The van der Waals surface area contributed by atoms with E-state index in [4.69, 9.17) is 10.5 Å². The Morgan fingerprint density at radius 2 is 1.40 bits per heavy atom. The first-order valence-electron chi connectivity index (χ1n) is 11.7. The standard InChI is InChI=1S/C28H29N3O4/c1-2-24(27(33)30-25(26(29)32)16-18-10-4-3-5-11-18)31-28(34)35-17-23-21-14-8-6-12-19(21)20-13-7-9-15-22(20)23/h3-15,23-25H,2,16-17H2,1H3,(H2,29,32)(H,30,33)(H,31,34)/t24?,25-/m0/s1. The number of ether oxygens (including phenoxy) is 1. The number of fused-ring (bicyclic) bond motifs is 3. The summed E-state index contributed by atoms with van der Waals surface area (Å²) in [6.07, 6.45) is -0.0941. The third-order valence-electron chi connectivity index (χ3n) is 6.30. The lowest BCUT2D eigenvalue weighted by molar-refractivity contribution is -0.128. The molecule has 0 radical (unpaired) electrons. The number of nitrogens with one attached hydrogen (secondary N) is 2. The second kappa shape index (κ2) is 10.9. The number of hydrogen-bond donors (Lipinski definition) is 3. The smallest absolute Gasteiger partial charge is 0.407 e. The van der Waals surface area contributed by atoms with Crippen molar-refractivity contribution in [2.45, 2.75) is 37.8 Å². The van der Waals surface area contributed by atoms with Crippen molar-refractivity contribution in [3.8, 4) is 11.1 Å². The Kier molecular flexibility index (Phi) is 7.45. The number of nitrogens with two attached hydrogens (primary N) is 1. The number of amides is 3. The summed E-state index contributed by atoms with van der Waals surface area (Å²) >= 11 is 0. The Bertz CT molecular complexity index is 1170. The molecule has 35 heavy (non-hydrogen) atoms. The molecule has 0 aliphatic heterocycles. The first-order valence-corrected chi connectivity index (χ1v) is 11.7. The topological polar surface area (TPSA) is 111 Å². The van der Waals surface area contributed by atoms with Crippen molar-refractivity contribution in [2.75, 3.05) is 6.61 Å². The second-order valence-electron chi connectivity index (χ2n) is 8.58. The highest BCUT2D eigenvalue weighted by atomic mass is 16.5. The van der Waals surface area contributed by atoms with Gasteiger partial charge in [-0.15, -0.1) is 0 Å². The summed E-state index contributed by atoms with van der Waals surface area (Å²) in [6, 6.07) is 23.7. The molecular weight excluding hydrogens is 442 g/mol. The zero-order chi connectivity index (χ0) is 24.8. The highest BCUT2D eigenvalue weighted by Crippen LogP contribution is 2.44. The number of alkyl carbamates (subject to hydrolysis) is 1. The maximum absolute atomic E-state index is 12.8. The molecule has 2 atom stereocenters. The van der Waals surface area contributed by atoms with E-state index in [1.807, 2.05) is 66.7 Å². The predicted molar refractivity (Wildman–Crippen MR) is 134 cm³/mol. The zero-order valence-electron chi connectivity index (χ0n) is 19.6. The maximum atomic E-state index is 12.8. The number of benzene rings is 3. The van der Waals surface area contributed by atoms with E-state index >= 15 is 0 Å². The van der Waals surface area contributed by atoms with Gasteiger partial charge in [-0.25, -0.2) is 4.79 Å². The number of hydrogen-bond acceptors (Lipinski definition) is 4. The summed E-state index contributed by atoms with van der Waals surface area (Å²) in [5.74, 6) is -1.20. The summed E-state index contributed by atoms with van der Waals surface area (Å²) in [7, 11) is 0. The first kappa shape index (κ1) is 24.0. The Morgan fingerprint density at radius 3 is 1.97 bits per heavy atom. The molecule has 0 aromatic heterocycles. The minimum absolute atomic E-state index is 0.0767. The third kappa shape index (κ3) is 5.51. The molecule has 0 fully saturated rings. The van der Waals surface area contributed by atoms with E-state index in [0.29, 0.717) is 6.42 Å². The van der Waals surface area contributed by atoms with Crippen LogP contribution >= 0.6 is 0 Å². The van der Waals surface area contributed by atoms with Gasteiger partial charge in [-0.1, -0.05) is 85.8 Å². The second-order valence-corrected chi connectivity index (χ2v) is 8.58. The minimum Gasteiger partial charge on any atom is -0.449 e. The molecule has 3 amide bonds. The fraction of sp³-hybridized carbons (Fsp3) is 0.250. The summed E-state index contributed by atoms with van der Waals surface area (Å²) in [4.78, 5) is 37.3. The molecule has 7 heteroatoms. The average molecular weight is 472 g/mol. The number of carbonyl (C=O) groups excluding carboxylic acids is 3. The van der Waals surface area contributed by atoms with Gasteiger partial charge in [0, 0.05) is 12.3 Å². The van der Waals surface area contributed by atoms with Crippen LogP contribution in [0, 0.1) is 0 Å². The molecule has 180 valence electrons. The molecule has 1 unspecified atom stereocenters. The highest BCUT2D eigenvalue weighted by molar-refractivity contribution is 5.91. The van der Waals surface area contributed by atoms with Crippen molar-refractivity contribution in [3.63, 3.8) is 0 Å². The van der Waals surface area contributed by atoms with Gasteiger partial charge in [0.25, 0.3) is 0 Å². The van der Waals surface area contributed by atoms with E-state index < -0.39 is 30.0 Å². The minimum atomic E-state index is -0.886. The Labute approximate surface area is 204 Å². The largest absolute Gasteiger partial charge is 0.449 e. The summed E-state index contributed by atoms with van der Waals surface area (Å²) in [6.45, 7) is 1.92. The van der Waals surface area contributed by atoms with Gasteiger partial charge >= 0.3 is 6.09 Å². The molecule has 4 N–H and O–H groups in total. The molecule has 0 spiro atoms. The van der Waals surface area contributed by atoms with E-state index in [1.165, 1.54) is 0 Å². The van der Waals surface area contributed by atoms with Crippen LogP contribution in [0.1, 0.15) is 36.0 Å². The molecule has 0 saturated heterocycles. The molecule has 0 heterocycles. The van der Waals surface area contributed by atoms with Crippen LogP contribution in [0.3, 0.4) is 0 Å². The van der Waals surface area contributed by atoms with Gasteiger partial charge in [0.1, 0.15) is 18.7 Å². The van der Waals surface area contributed by atoms with E-state index in [-0.39, 0.29) is 18.9 Å². The van der Waals surface area contributed by atoms with Crippen molar-refractivity contribution in [1.82, 2.24) is 10.6 Å². The Hall–Kier alpha value is -4.13.